The summed E-state index contributed by atoms with van der Waals surface area (Å²) in [5.74, 6) is -0.172. The molecule has 162 valence electrons. The minimum atomic E-state index is -0.390. The van der Waals surface area contributed by atoms with E-state index in [9.17, 15) is 9.59 Å². The van der Waals surface area contributed by atoms with Crippen LogP contribution < -0.4 is 15.0 Å². The summed E-state index contributed by atoms with van der Waals surface area (Å²) in [6.45, 7) is 7.93. The number of nitrogens with one attached hydrogen (secondary N) is 1. The molecule has 1 aliphatic heterocycles. The summed E-state index contributed by atoms with van der Waals surface area (Å²) in [5.41, 5.74) is 6.75. The Kier molecular flexibility index (Phi) is 5.57. The molecule has 0 aromatic heterocycles. The molecule has 5 nitrogen and oxygen atoms in total. The van der Waals surface area contributed by atoms with Gasteiger partial charge in [-0.3, -0.25) is 9.59 Å². The summed E-state index contributed by atoms with van der Waals surface area (Å²) >= 11 is 0. The van der Waals surface area contributed by atoms with E-state index in [-0.39, 0.29) is 17.5 Å². The zero-order valence-corrected chi connectivity index (χ0v) is 18.9. The van der Waals surface area contributed by atoms with Crippen LogP contribution >= 0.6 is 0 Å². The molecule has 0 aliphatic carbocycles. The normalized spacial score (nSPS) is 13.7. The highest BCUT2D eigenvalue weighted by Crippen LogP contribution is 2.36. The van der Waals surface area contributed by atoms with Crippen molar-refractivity contribution in [3.05, 3.63) is 94.2 Å². The van der Waals surface area contributed by atoms with Gasteiger partial charge in [-0.05, 0) is 68.1 Å². The van der Waals surface area contributed by atoms with Crippen molar-refractivity contribution in [3.8, 4) is 5.75 Å². The fourth-order valence-electron chi connectivity index (χ4n) is 3.98. The van der Waals surface area contributed by atoms with Gasteiger partial charge in [0.25, 0.3) is 11.8 Å². The first-order chi connectivity index (χ1) is 15.3. The van der Waals surface area contributed by atoms with Crippen LogP contribution in [0, 0.1) is 27.7 Å². The summed E-state index contributed by atoms with van der Waals surface area (Å²) in [4.78, 5) is 28.5. The van der Waals surface area contributed by atoms with Gasteiger partial charge in [0.2, 0.25) is 0 Å². The molecule has 4 rings (SSSR count). The van der Waals surface area contributed by atoms with Gasteiger partial charge in [-0.25, -0.2) is 4.90 Å². The Morgan fingerprint density at radius 2 is 1.50 bits per heavy atom. The molecule has 3 aromatic carbocycles. The number of hydrogen-bond donors (Lipinski definition) is 1. The second kappa shape index (κ2) is 8.35. The lowest BCUT2D eigenvalue weighted by Crippen LogP contribution is -2.32. The predicted octanol–water partition coefficient (Wildman–Crippen LogP) is 5.33. The number of aryl methyl sites for hydroxylation is 4. The molecule has 0 atom stereocenters. The molecule has 0 spiro atoms. The van der Waals surface area contributed by atoms with Crippen molar-refractivity contribution in [2.45, 2.75) is 27.7 Å². The highest BCUT2D eigenvalue weighted by Gasteiger charge is 2.41. The van der Waals surface area contributed by atoms with Gasteiger partial charge in [0.05, 0.1) is 18.4 Å². The zero-order chi connectivity index (χ0) is 23.0. The molecule has 32 heavy (non-hydrogen) atoms. The van der Waals surface area contributed by atoms with Crippen LogP contribution in [0.2, 0.25) is 0 Å². The number of carbonyl (C=O) groups excluding carboxylic acids is 2. The van der Waals surface area contributed by atoms with Gasteiger partial charge in [-0.15, -0.1) is 0 Å². The molecule has 0 radical (unpaired) electrons. The number of carbonyl (C=O) groups is 2. The zero-order valence-electron chi connectivity index (χ0n) is 18.9. The van der Waals surface area contributed by atoms with E-state index in [1.54, 1.807) is 31.4 Å². The predicted molar refractivity (Wildman–Crippen MR) is 128 cm³/mol. The number of methoxy groups -OCH3 is 1. The average Bonchev–Trinajstić information content (AvgIpc) is 3.00. The Labute approximate surface area is 188 Å². The van der Waals surface area contributed by atoms with Crippen LogP contribution in [0.1, 0.15) is 27.8 Å². The Balaban J connectivity index is 1.88. The summed E-state index contributed by atoms with van der Waals surface area (Å²) < 4.78 is 5.30. The smallest absolute Gasteiger partial charge is 0.282 e. The average molecular weight is 427 g/mol. The van der Waals surface area contributed by atoms with Crippen molar-refractivity contribution in [3.63, 3.8) is 0 Å². The first kappa shape index (κ1) is 21.4. The summed E-state index contributed by atoms with van der Waals surface area (Å²) in [5, 5.41) is 3.29. The van der Waals surface area contributed by atoms with Crippen molar-refractivity contribution in [2.24, 2.45) is 0 Å². The van der Waals surface area contributed by atoms with E-state index >= 15 is 0 Å². The van der Waals surface area contributed by atoms with E-state index in [2.05, 4.69) is 5.32 Å². The number of ether oxygens (including phenoxy) is 1. The number of hydrogen-bond acceptors (Lipinski definition) is 4. The maximum Gasteiger partial charge on any atom is 0.282 e. The topological polar surface area (TPSA) is 58.6 Å². The van der Waals surface area contributed by atoms with E-state index < -0.39 is 0 Å². The molecule has 1 aliphatic rings. The third-order valence-electron chi connectivity index (χ3n) is 5.70. The van der Waals surface area contributed by atoms with Crippen LogP contribution in [-0.2, 0) is 9.59 Å². The molecule has 0 unspecified atom stereocenters. The van der Waals surface area contributed by atoms with Crippen LogP contribution in [0.4, 0.5) is 11.4 Å². The van der Waals surface area contributed by atoms with Crippen LogP contribution in [0.15, 0.2) is 66.4 Å². The van der Waals surface area contributed by atoms with Crippen molar-refractivity contribution < 1.29 is 14.3 Å². The number of anilines is 2. The lowest BCUT2D eigenvalue weighted by Gasteiger charge is -2.16. The maximum absolute atomic E-state index is 13.7. The van der Waals surface area contributed by atoms with Gasteiger partial charge in [0.1, 0.15) is 11.4 Å². The van der Waals surface area contributed by atoms with Crippen molar-refractivity contribution in [2.75, 3.05) is 17.3 Å². The minimum Gasteiger partial charge on any atom is -0.497 e. The van der Waals surface area contributed by atoms with Gasteiger partial charge in [0.15, 0.2) is 0 Å². The van der Waals surface area contributed by atoms with Crippen LogP contribution in [0.25, 0.3) is 5.57 Å². The largest absolute Gasteiger partial charge is 0.497 e. The molecule has 0 saturated heterocycles. The number of nitrogens with zero attached hydrogens (tertiary/aromatic N) is 1. The van der Waals surface area contributed by atoms with Gasteiger partial charge in [-0.1, -0.05) is 42.0 Å². The van der Waals surface area contributed by atoms with E-state index in [1.807, 2.05) is 64.1 Å². The van der Waals surface area contributed by atoms with Crippen molar-refractivity contribution in [1.29, 1.82) is 0 Å². The molecule has 0 fully saturated rings. The number of benzene rings is 3. The Morgan fingerprint density at radius 1 is 0.781 bits per heavy atom. The van der Waals surface area contributed by atoms with Crippen molar-refractivity contribution >= 4 is 28.8 Å². The summed E-state index contributed by atoms with van der Waals surface area (Å²) in [6.07, 6.45) is 0. The SMILES string of the molecule is COc1cccc(N2C(=O)C(Nc3cc(C)ccc3C)=C(c3ccc(C)cc3C)C2=O)c1. The second-order valence-corrected chi connectivity index (χ2v) is 8.16. The van der Waals surface area contributed by atoms with Gasteiger partial charge in [0, 0.05) is 11.8 Å². The standard InChI is InChI=1S/C27H26N2O3/c1-16-10-12-22(19(4)13-16)24-25(28-23-14-17(2)9-11-18(23)3)27(31)29(26(24)30)20-7-6-8-21(15-20)32-5/h6-15,28H,1-5H3. The van der Waals surface area contributed by atoms with Crippen LogP contribution in [0.5, 0.6) is 5.75 Å². The van der Waals surface area contributed by atoms with Crippen LogP contribution in [0.3, 0.4) is 0 Å². The van der Waals surface area contributed by atoms with E-state index in [0.29, 0.717) is 17.0 Å². The third-order valence-corrected chi connectivity index (χ3v) is 5.70. The van der Waals surface area contributed by atoms with Gasteiger partial charge < -0.3 is 10.1 Å². The molecule has 0 bridgehead atoms. The minimum absolute atomic E-state index is 0.276. The molecule has 2 amide bonds. The third kappa shape index (κ3) is 3.78. The van der Waals surface area contributed by atoms with E-state index in [1.165, 1.54) is 4.90 Å². The molecule has 1 N–H and O–H groups in total. The first-order valence-electron chi connectivity index (χ1n) is 10.5. The molecule has 0 saturated carbocycles. The Hall–Kier alpha value is -3.86. The van der Waals surface area contributed by atoms with E-state index in [0.717, 1.165) is 33.5 Å². The van der Waals surface area contributed by atoms with Gasteiger partial charge >= 0.3 is 0 Å². The van der Waals surface area contributed by atoms with Crippen molar-refractivity contribution in [1.82, 2.24) is 0 Å². The van der Waals surface area contributed by atoms with E-state index in [4.69, 9.17) is 4.74 Å². The highest BCUT2D eigenvalue weighted by atomic mass is 16.5. The second-order valence-electron chi connectivity index (χ2n) is 8.16. The van der Waals surface area contributed by atoms with Gasteiger partial charge in [-0.2, -0.15) is 0 Å². The Morgan fingerprint density at radius 3 is 2.22 bits per heavy atom. The molecular formula is C27H26N2O3. The highest BCUT2D eigenvalue weighted by molar-refractivity contribution is 6.46. The number of imide groups is 1. The Bertz CT molecular complexity index is 1270. The monoisotopic (exact) mass is 426 g/mol. The fraction of sp³-hybridized carbons (Fsp3) is 0.185. The molecule has 5 heteroatoms. The number of rotatable bonds is 5. The molecule has 3 aromatic rings. The summed E-state index contributed by atoms with van der Waals surface area (Å²) in [6, 6.07) is 18.8. The summed E-state index contributed by atoms with van der Waals surface area (Å²) in [7, 11) is 1.56. The molecule has 1 heterocycles. The fourth-order valence-corrected chi connectivity index (χ4v) is 3.98. The lowest BCUT2D eigenvalue weighted by molar-refractivity contribution is -0.120. The maximum atomic E-state index is 13.7. The number of amides is 2. The van der Waals surface area contributed by atoms with Crippen LogP contribution in [-0.4, -0.2) is 18.9 Å². The molecular weight excluding hydrogens is 400 g/mol. The first-order valence-corrected chi connectivity index (χ1v) is 10.5. The lowest BCUT2D eigenvalue weighted by atomic mass is 9.97. The quantitative estimate of drug-likeness (QED) is 0.561.